The lowest BCUT2D eigenvalue weighted by Gasteiger charge is -2.33. The molecule has 0 aromatic rings. The molecule has 1 fully saturated rings. The summed E-state index contributed by atoms with van der Waals surface area (Å²) >= 11 is 5.60. The predicted molar refractivity (Wildman–Crippen MR) is 64.2 cm³/mol. The van der Waals surface area contributed by atoms with Gasteiger partial charge >= 0.3 is 0 Å². The molecule has 1 aliphatic heterocycles. The molecule has 8 heteroatoms. The third kappa shape index (κ3) is 3.80. The Morgan fingerprint density at radius 1 is 1.65 bits per heavy atom. The van der Waals surface area contributed by atoms with Gasteiger partial charge in [0.25, 0.3) is 0 Å². The molecule has 0 aliphatic carbocycles. The highest BCUT2D eigenvalue weighted by atomic mass is 35.5. The van der Waals surface area contributed by atoms with Crippen LogP contribution in [0, 0.1) is 5.92 Å². The van der Waals surface area contributed by atoms with E-state index in [0.29, 0.717) is 0 Å². The summed E-state index contributed by atoms with van der Waals surface area (Å²) < 4.78 is 30.3. The van der Waals surface area contributed by atoms with Crippen molar-refractivity contribution in [3.63, 3.8) is 0 Å². The van der Waals surface area contributed by atoms with Gasteiger partial charge in [-0.2, -0.15) is 4.31 Å². The first-order valence-electron chi connectivity index (χ1n) is 5.31. The van der Waals surface area contributed by atoms with Crippen LogP contribution in [0.3, 0.4) is 0 Å². The third-order valence-electron chi connectivity index (χ3n) is 2.52. The van der Waals surface area contributed by atoms with E-state index in [-0.39, 0.29) is 37.3 Å². The molecule has 0 saturated carbocycles. The van der Waals surface area contributed by atoms with Crippen molar-refractivity contribution in [2.24, 2.45) is 11.7 Å². The zero-order valence-corrected chi connectivity index (χ0v) is 11.2. The second kappa shape index (κ2) is 5.99. The number of primary amides is 1. The molecular formula is C9H17ClN2O4S. The molecule has 0 spiro atoms. The van der Waals surface area contributed by atoms with E-state index < -0.39 is 22.0 Å². The van der Waals surface area contributed by atoms with E-state index in [9.17, 15) is 13.2 Å². The fraction of sp³-hybridized carbons (Fsp3) is 0.889. The van der Waals surface area contributed by atoms with Crippen LogP contribution >= 0.6 is 11.6 Å². The minimum atomic E-state index is -3.52. The molecule has 1 aliphatic rings. The first-order valence-corrected chi connectivity index (χ1v) is 7.45. The van der Waals surface area contributed by atoms with Gasteiger partial charge < -0.3 is 10.5 Å². The topological polar surface area (TPSA) is 89.7 Å². The molecule has 1 rings (SSSR count). The number of nitrogens with zero attached hydrogens (tertiary/aromatic N) is 1. The van der Waals surface area contributed by atoms with E-state index in [0.717, 1.165) is 4.31 Å². The van der Waals surface area contributed by atoms with Crippen molar-refractivity contribution in [3.05, 3.63) is 0 Å². The van der Waals surface area contributed by atoms with Gasteiger partial charge in [-0.05, 0) is 5.92 Å². The minimum absolute atomic E-state index is 0.0177. The lowest BCUT2D eigenvalue weighted by Crippen LogP contribution is -2.55. The second-order valence-electron chi connectivity index (χ2n) is 4.14. The number of nitrogens with two attached hydrogens (primary N) is 1. The molecular weight excluding hydrogens is 268 g/mol. The van der Waals surface area contributed by atoms with E-state index in [1.807, 2.05) is 0 Å². The average Bonchev–Trinajstić information content (AvgIpc) is 2.28. The number of rotatable bonds is 5. The standard InChI is InChI=1S/C9H17ClN2O4S/c1-7(4-10)6-17(14,15)12-2-3-16-5-8(12)9(11)13/h7-8H,2-6H2,1H3,(H2,11,13). The van der Waals surface area contributed by atoms with Gasteiger partial charge in [0.15, 0.2) is 0 Å². The normalized spacial score (nSPS) is 24.5. The number of hydrogen-bond donors (Lipinski definition) is 1. The summed E-state index contributed by atoms with van der Waals surface area (Å²) in [4.78, 5) is 11.2. The first-order chi connectivity index (χ1) is 7.88. The maximum Gasteiger partial charge on any atom is 0.238 e. The van der Waals surface area contributed by atoms with Crippen LogP contribution in [0.15, 0.2) is 0 Å². The molecule has 100 valence electrons. The third-order valence-corrected chi connectivity index (χ3v) is 5.19. The molecule has 1 saturated heterocycles. The molecule has 2 atom stereocenters. The molecule has 2 N–H and O–H groups in total. The van der Waals surface area contributed by atoms with Crippen molar-refractivity contribution < 1.29 is 17.9 Å². The number of sulfonamides is 1. The number of halogens is 1. The minimum Gasteiger partial charge on any atom is -0.378 e. The summed E-state index contributed by atoms with van der Waals surface area (Å²) in [5.41, 5.74) is 5.17. The maximum absolute atomic E-state index is 12.1. The van der Waals surface area contributed by atoms with Crippen molar-refractivity contribution in [2.75, 3.05) is 31.4 Å². The molecule has 1 amide bonds. The van der Waals surface area contributed by atoms with Gasteiger partial charge in [-0.15, -0.1) is 11.6 Å². The van der Waals surface area contributed by atoms with Gasteiger partial charge in [0.05, 0.1) is 19.0 Å². The molecule has 0 aromatic heterocycles. The van der Waals surface area contributed by atoms with Crippen molar-refractivity contribution in [2.45, 2.75) is 13.0 Å². The second-order valence-corrected chi connectivity index (χ2v) is 6.42. The Kier molecular flexibility index (Phi) is 5.18. The summed E-state index contributed by atoms with van der Waals surface area (Å²) in [6, 6.07) is -0.906. The quantitative estimate of drug-likeness (QED) is 0.681. The number of carbonyl (C=O) groups excluding carboxylic acids is 1. The van der Waals surface area contributed by atoms with Crippen LogP contribution in [0.1, 0.15) is 6.92 Å². The lowest BCUT2D eigenvalue weighted by atomic mass is 10.3. The van der Waals surface area contributed by atoms with Crippen LogP contribution in [-0.4, -0.2) is 56.1 Å². The van der Waals surface area contributed by atoms with E-state index in [2.05, 4.69) is 0 Å². The Bertz CT molecular complexity index is 373. The van der Waals surface area contributed by atoms with Crippen molar-refractivity contribution in [3.8, 4) is 0 Å². The zero-order chi connectivity index (χ0) is 13.1. The summed E-state index contributed by atoms with van der Waals surface area (Å²) in [6.45, 7) is 2.19. The maximum atomic E-state index is 12.1. The number of amides is 1. The fourth-order valence-electron chi connectivity index (χ4n) is 1.65. The van der Waals surface area contributed by atoms with E-state index in [4.69, 9.17) is 22.1 Å². The number of carbonyl (C=O) groups is 1. The molecule has 1 heterocycles. The largest absolute Gasteiger partial charge is 0.378 e. The van der Waals surface area contributed by atoms with Crippen LogP contribution in [-0.2, 0) is 19.6 Å². The van der Waals surface area contributed by atoms with Crippen LogP contribution in [0.2, 0.25) is 0 Å². The van der Waals surface area contributed by atoms with Crippen LogP contribution in [0.25, 0.3) is 0 Å². The highest BCUT2D eigenvalue weighted by molar-refractivity contribution is 7.89. The predicted octanol–water partition coefficient (Wildman–Crippen LogP) is -0.623. The fourth-order valence-corrected chi connectivity index (χ4v) is 3.82. The Labute approximate surface area is 106 Å². The number of ether oxygens (including phenoxy) is 1. The van der Waals surface area contributed by atoms with Crippen molar-refractivity contribution >= 4 is 27.5 Å². The highest BCUT2D eigenvalue weighted by Crippen LogP contribution is 2.15. The van der Waals surface area contributed by atoms with Crippen molar-refractivity contribution in [1.82, 2.24) is 4.31 Å². The van der Waals surface area contributed by atoms with Gasteiger partial charge in [-0.3, -0.25) is 4.79 Å². The summed E-state index contributed by atoms with van der Waals surface area (Å²) in [5.74, 6) is -0.685. The van der Waals surface area contributed by atoms with Gasteiger partial charge in [-0.25, -0.2) is 8.42 Å². The Hall–Kier alpha value is -0.370. The van der Waals surface area contributed by atoms with E-state index >= 15 is 0 Å². The molecule has 6 nitrogen and oxygen atoms in total. The van der Waals surface area contributed by atoms with Crippen molar-refractivity contribution in [1.29, 1.82) is 0 Å². The average molecular weight is 285 g/mol. The van der Waals surface area contributed by atoms with Crippen LogP contribution in [0.4, 0.5) is 0 Å². The Balaban J connectivity index is 2.83. The Morgan fingerprint density at radius 3 is 2.82 bits per heavy atom. The number of alkyl halides is 1. The highest BCUT2D eigenvalue weighted by Gasteiger charge is 2.36. The van der Waals surface area contributed by atoms with Gasteiger partial charge in [0.1, 0.15) is 6.04 Å². The summed E-state index contributed by atoms with van der Waals surface area (Å²) in [5, 5.41) is 0. The van der Waals surface area contributed by atoms with Crippen LogP contribution < -0.4 is 5.73 Å². The summed E-state index contributed by atoms with van der Waals surface area (Å²) in [7, 11) is -3.52. The summed E-state index contributed by atoms with van der Waals surface area (Å²) in [6.07, 6.45) is 0. The molecule has 2 unspecified atom stereocenters. The molecule has 0 bridgehead atoms. The first kappa shape index (κ1) is 14.7. The monoisotopic (exact) mass is 284 g/mol. The Morgan fingerprint density at radius 2 is 2.29 bits per heavy atom. The SMILES string of the molecule is CC(CCl)CS(=O)(=O)N1CCOCC1C(N)=O. The lowest BCUT2D eigenvalue weighted by molar-refractivity contribution is -0.125. The van der Waals surface area contributed by atoms with Gasteiger partial charge in [0.2, 0.25) is 15.9 Å². The molecule has 0 aromatic carbocycles. The number of morpholine rings is 1. The van der Waals surface area contributed by atoms with E-state index in [1.165, 1.54) is 0 Å². The molecule has 0 radical (unpaired) electrons. The molecule has 17 heavy (non-hydrogen) atoms. The van der Waals surface area contributed by atoms with E-state index in [1.54, 1.807) is 6.92 Å². The zero-order valence-electron chi connectivity index (χ0n) is 9.63. The number of hydrogen-bond acceptors (Lipinski definition) is 4. The van der Waals surface area contributed by atoms with Gasteiger partial charge in [-0.1, -0.05) is 6.92 Å². The van der Waals surface area contributed by atoms with Gasteiger partial charge in [0, 0.05) is 12.4 Å². The van der Waals surface area contributed by atoms with Crippen LogP contribution in [0.5, 0.6) is 0 Å². The smallest absolute Gasteiger partial charge is 0.238 e.